The molecule has 8 nitrogen and oxygen atoms in total. The number of carbonyl (C=O) groups is 4. The van der Waals surface area contributed by atoms with Crippen LogP contribution in [0, 0.1) is 5.41 Å². The van der Waals surface area contributed by atoms with Gasteiger partial charge in [-0.15, -0.1) is 0 Å². The molecular formula is C19H22N4O4. The second kappa shape index (κ2) is 6.37. The maximum atomic E-state index is 12.9. The lowest BCUT2D eigenvalue weighted by Crippen LogP contribution is -2.71. The Bertz CT molecular complexity index is 830. The van der Waals surface area contributed by atoms with Gasteiger partial charge in [0.2, 0.25) is 17.7 Å². The van der Waals surface area contributed by atoms with Crippen molar-refractivity contribution in [2.75, 3.05) is 16.8 Å². The van der Waals surface area contributed by atoms with Gasteiger partial charge in [-0.1, -0.05) is 12.8 Å². The molecule has 3 aliphatic heterocycles. The molecule has 3 heterocycles. The Labute approximate surface area is 156 Å². The molecule has 0 radical (unpaired) electrons. The molecule has 1 aromatic carbocycles. The van der Waals surface area contributed by atoms with Gasteiger partial charge in [0, 0.05) is 24.8 Å². The summed E-state index contributed by atoms with van der Waals surface area (Å²) in [5, 5.41) is 7.34. The maximum Gasteiger partial charge on any atom is 0.328 e. The molecule has 2 fully saturated rings. The minimum atomic E-state index is -1.35. The lowest BCUT2D eigenvalue weighted by molar-refractivity contribution is -0.146. The Morgan fingerprint density at radius 2 is 1.89 bits per heavy atom. The zero-order valence-corrected chi connectivity index (χ0v) is 15.1. The van der Waals surface area contributed by atoms with Gasteiger partial charge < -0.3 is 10.2 Å². The first-order valence-electron chi connectivity index (χ1n) is 9.26. The molecule has 27 heavy (non-hydrogen) atoms. The highest BCUT2D eigenvalue weighted by Gasteiger charge is 2.59. The molecule has 0 saturated carbocycles. The van der Waals surface area contributed by atoms with Crippen LogP contribution >= 0.6 is 0 Å². The van der Waals surface area contributed by atoms with Crippen molar-refractivity contribution in [1.82, 2.24) is 10.6 Å². The Morgan fingerprint density at radius 1 is 1.15 bits per heavy atom. The topological polar surface area (TPSA) is 108 Å². The average molecular weight is 370 g/mol. The number of nitrogens with one attached hydrogen (secondary N) is 3. The first-order chi connectivity index (χ1) is 12.9. The molecule has 2 saturated heterocycles. The van der Waals surface area contributed by atoms with Crippen LogP contribution in [0.15, 0.2) is 18.2 Å². The number of benzene rings is 1. The number of anilines is 2. The van der Waals surface area contributed by atoms with Crippen molar-refractivity contribution >= 4 is 35.1 Å². The predicted octanol–water partition coefficient (Wildman–Crippen LogP) is 1.30. The number of hydrogen-bond acceptors (Lipinski definition) is 5. The third-order valence-corrected chi connectivity index (χ3v) is 5.76. The van der Waals surface area contributed by atoms with Crippen LogP contribution in [-0.2, 0) is 20.8 Å². The molecule has 3 aliphatic rings. The van der Waals surface area contributed by atoms with Gasteiger partial charge in [-0.05, 0) is 43.0 Å². The molecule has 1 spiro atoms. The van der Waals surface area contributed by atoms with Gasteiger partial charge in [-0.25, -0.2) is 4.79 Å². The van der Waals surface area contributed by atoms with Crippen molar-refractivity contribution in [2.45, 2.75) is 45.1 Å². The van der Waals surface area contributed by atoms with Gasteiger partial charge in [0.25, 0.3) is 0 Å². The second-order valence-corrected chi connectivity index (χ2v) is 7.47. The predicted molar refractivity (Wildman–Crippen MR) is 98.2 cm³/mol. The molecule has 1 atom stereocenters. The van der Waals surface area contributed by atoms with Crippen LogP contribution in [0.3, 0.4) is 0 Å². The van der Waals surface area contributed by atoms with Crippen LogP contribution in [0.25, 0.3) is 0 Å². The van der Waals surface area contributed by atoms with Crippen LogP contribution in [0.1, 0.15) is 38.2 Å². The molecule has 4 rings (SSSR count). The summed E-state index contributed by atoms with van der Waals surface area (Å²) in [6.07, 6.45) is 3.84. The van der Waals surface area contributed by atoms with Gasteiger partial charge in [0.1, 0.15) is 0 Å². The monoisotopic (exact) mass is 370 g/mol. The number of nitrogens with zero attached hydrogens (tertiary/aromatic N) is 1. The Balaban J connectivity index is 1.84. The molecule has 5 amide bonds. The third-order valence-electron chi connectivity index (χ3n) is 5.76. The van der Waals surface area contributed by atoms with Crippen LogP contribution in [0.5, 0.6) is 0 Å². The summed E-state index contributed by atoms with van der Waals surface area (Å²) in [6.45, 7) is 2.17. The van der Waals surface area contributed by atoms with Gasteiger partial charge in [0.05, 0.1) is 6.04 Å². The van der Waals surface area contributed by atoms with E-state index in [1.165, 1.54) is 6.92 Å². The smallest absolute Gasteiger partial charge is 0.328 e. The minimum Gasteiger partial charge on any atom is -0.367 e. The van der Waals surface area contributed by atoms with Crippen LogP contribution in [-0.4, -0.2) is 36.3 Å². The number of carbonyl (C=O) groups excluding carboxylic acids is 4. The van der Waals surface area contributed by atoms with Crippen molar-refractivity contribution in [3.05, 3.63) is 23.8 Å². The van der Waals surface area contributed by atoms with E-state index in [1.54, 1.807) is 0 Å². The van der Waals surface area contributed by atoms with E-state index in [9.17, 15) is 19.2 Å². The van der Waals surface area contributed by atoms with E-state index in [0.29, 0.717) is 12.1 Å². The summed E-state index contributed by atoms with van der Waals surface area (Å²) in [4.78, 5) is 51.1. The molecular weight excluding hydrogens is 348 g/mol. The zero-order valence-electron chi connectivity index (χ0n) is 15.1. The number of rotatable bonds is 1. The molecule has 0 aliphatic carbocycles. The van der Waals surface area contributed by atoms with Gasteiger partial charge in [-0.3, -0.25) is 25.0 Å². The summed E-state index contributed by atoms with van der Waals surface area (Å²) in [5.74, 6) is -1.26. The van der Waals surface area contributed by atoms with Crippen molar-refractivity contribution in [1.29, 1.82) is 0 Å². The van der Waals surface area contributed by atoms with Crippen LogP contribution in [0.2, 0.25) is 0 Å². The first kappa shape index (κ1) is 17.5. The molecule has 142 valence electrons. The summed E-state index contributed by atoms with van der Waals surface area (Å²) in [7, 11) is 0. The average Bonchev–Trinajstić information content (AvgIpc) is 2.85. The summed E-state index contributed by atoms with van der Waals surface area (Å²) >= 11 is 0. The van der Waals surface area contributed by atoms with E-state index in [0.717, 1.165) is 37.1 Å². The fraction of sp³-hybridized carbons (Fsp3) is 0.474. The highest BCUT2D eigenvalue weighted by Crippen LogP contribution is 2.46. The molecule has 8 heteroatoms. The Kier molecular flexibility index (Phi) is 4.13. The third kappa shape index (κ3) is 2.75. The van der Waals surface area contributed by atoms with E-state index in [-0.39, 0.29) is 18.4 Å². The quantitative estimate of drug-likeness (QED) is 0.646. The summed E-state index contributed by atoms with van der Waals surface area (Å²) < 4.78 is 0. The lowest BCUT2D eigenvalue weighted by atomic mass is 9.67. The number of fused-ring (bicyclic) bond motifs is 4. The largest absolute Gasteiger partial charge is 0.367 e. The van der Waals surface area contributed by atoms with E-state index < -0.39 is 23.3 Å². The number of amides is 5. The molecule has 1 aromatic rings. The molecule has 0 bridgehead atoms. The van der Waals surface area contributed by atoms with Crippen molar-refractivity contribution in [3.63, 3.8) is 0 Å². The Hall–Kier alpha value is -2.90. The molecule has 3 N–H and O–H groups in total. The van der Waals surface area contributed by atoms with Gasteiger partial charge >= 0.3 is 6.03 Å². The molecule has 0 aromatic heterocycles. The highest BCUT2D eigenvalue weighted by atomic mass is 16.2. The van der Waals surface area contributed by atoms with Crippen molar-refractivity contribution in [2.24, 2.45) is 5.41 Å². The van der Waals surface area contributed by atoms with Crippen molar-refractivity contribution < 1.29 is 19.2 Å². The minimum absolute atomic E-state index is 0.188. The van der Waals surface area contributed by atoms with Crippen LogP contribution in [0.4, 0.5) is 16.2 Å². The van der Waals surface area contributed by atoms with Crippen molar-refractivity contribution in [3.8, 4) is 0 Å². The highest BCUT2D eigenvalue weighted by molar-refractivity contribution is 6.20. The SMILES string of the molecule is CC(=O)Nc1ccc2c(c1)CC1(C(=O)NC(=O)NC1=O)[C@@H]1CCCCCN21. The fourth-order valence-electron chi connectivity index (χ4n) is 4.64. The number of imide groups is 2. The molecule has 0 unspecified atom stereocenters. The van der Waals surface area contributed by atoms with Gasteiger partial charge in [0.15, 0.2) is 5.41 Å². The first-order valence-corrected chi connectivity index (χ1v) is 9.26. The normalized spacial score (nSPS) is 23.7. The fourth-order valence-corrected chi connectivity index (χ4v) is 4.64. The van der Waals surface area contributed by atoms with E-state index >= 15 is 0 Å². The lowest BCUT2D eigenvalue weighted by Gasteiger charge is -2.49. The zero-order chi connectivity index (χ0) is 19.2. The summed E-state index contributed by atoms with van der Waals surface area (Å²) in [6, 6.07) is 4.53. The number of urea groups is 1. The number of barbiturate groups is 1. The summed E-state index contributed by atoms with van der Waals surface area (Å²) in [5.41, 5.74) is 1.08. The van der Waals surface area contributed by atoms with E-state index in [1.807, 2.05) is 18.2 Å². The standard InChI is InChI=1S/C19H22N4O4/c1-11(24)20-13-6-7-14-12(9-13)10-19(15-5-3-2-4-8-23(14)15)16(25)21-18(27)22-17(19)26/h6-7,9,15H,2-5,8,10H2,1H3,(H,20,24)(H2,21,22,25,26,27)/t15-/m0/s1. The van der Waals surface area contributed by atoms with Crippen LogP contribution < -0.4 is 20.9 Å². The van der Waals surface area contributed by atoms with Gasteiger partial charge in [-0.2, -0.15) is 0 Å². The maximum absolute atomic E-state index is 12.9. The second-order valence-electron chi connectivity index (χ2n) is 7.47. The Morgan fingerprint density at radius 3 is 2.59 bits per heavy atom. The van der Waals surface area contributed by atoms with E-state index in [2.05, 4.69) is 20.9 Å². The van der Waals surface area contributed by atoms with E-state index in [4.69, 9.17) is 0 Å². The number of hydrogen-bond donors (Lipinski definition) is 3.